The molecule has 1 aromatic carbocycles. The number of aryl methyl sites for hydroxylation is 1. The largest absolute Gasteiger partial charge is 0.508 e. The van der Waals surface area contributed by atoms with E-state index in [1.54, 1.807) is 18.2 Å². The van der Waals surface area contributed by atoms with Crippen molar-refractivity contribution >= 4 is 5.97 Å². The van der Waals surface area contributed by atoms with E-state index in [0.717, 1.165) is 24.5 Å². The van der Waals surface area contributed by atoms with Crippen LogP contribution in [-0.2, 0) is 11.2 Å². The summed E-state index contributed by atoms with van der Waals surface area (Å²) >= 11 is 0. The first-order chi connectivity index (χ1) is 10.2. The molecule has 0 saturated carbocycles. The van der Waals surface area contributed by atoms with Crippen molar-refractivity contribution in [2.45, 2.75) is 58.3 Å². The standard InChI is InChI=1S/C18H26O3/c1-3-5-6-7-8-9-10-11-15-14-16(12-13-17(15)19)21-18(20)4-2/h4,12-14,19H,2-3,5-11H2,1H3. The zero-order chi connectivity index (χ0) is 15.5. The molecule has 0 saturated heterocycles. The van der Waals surface area contributed by atoms with Crippen LogP contribution in [0.1, 0.15) is 57.4 Å². The maximum atomic E-state index is 11.2. The molecular formula is C18H26O3. The number of benzene rings is 1. The van der Waals surface area contributed by atoms with Crippen LogP contribution in [0.2, 0.25) is 0 Å². The minimum Gasteiger partial charge on any atom is -0.508 e. The number of unbranched alkanes of at least 4 members (excludes halogenated alkanes) is 6. The minimum absolute atomic E-state index is 0.263. The molecule has 0 bridgehead atoms. The Hall–Kier alpha value is -1.77. The van der Waals surface area contributed by atoms with Crippen LogP contribution in [0.15, 0.2) is 30.9 Å². The van der Waals surface area contributed by atoms with Gasteiger partial charge < -0.3 is 9.84 Å². The van der Waals surface area contributed by atoms with E-state index in [-0.39, 0.29) is 5.75 Å². The van der Waals surface area contributed by atoms with Gasteiger partial charge in [0, 0.05) is 6.08 Å². The Morgan fingerprint density at radius 1 is 1.19 bits per heavy atom. The van der Waals surface area contributed by atoms with Gasteiger partial charge in [-0.2, -0.15) is 0 Å². The molecule has 1 N–H and O–H groups in total. The summed E-state index contributed by atoms with van der Waals surface area (Å²) in [6.45, 7) is 5.58. The summed E-state index contributed by atoms with van der Waals surface area (Å²) < 4.78 is 5.06. The molecule has 0 amide bonds. The van der Waals surface area contributed by atoms with Crippen LogP contribution in [0.4, 0.5) is 0 Å². The summed E-state index contributed by atoms with van der Waals surface area (Å²) in [4.78, 5) is 11.2. The maximum Gasteiger partial charge on any atom is 0.335 e. The van der Waals surface area contributed by atoms with Crippen LogP contribution in [0.25, 0.3) is 0 Å². The van der Waals surface area contributed by atoms with Gasteiger partial charge in [0.25, 0.3) is 0 Å². The monoisotopic (exact) mass is 290 g/mol. The van der Waals surface area contributed by atoms with Gasteiger partial charge in [0.1, 0.15) is 11.5 Å². The molecule has 0 radical (unpaired) electrons. The number of esters is 1. The van der Waals surface area contributed by atoms with Gasteiger partial charge in [0.2, 0.25) is 0 Å². The summed E-state index contributed by atoms with van der Waals surface area (Å²) in [6, 6.07) is 4.89. The number of phenols is 1. The highest BCUT2D eigenvalue weighted by Gasteiger charge is 2.06. The van der Waals surface area contributed by atoms with E-state index in [1.807, 2.05) is 0 Å². The molecule has 3 nitrogen and oxygen atoms in total. The fraction of sp³-hybridized carbons (Fsp3) is 0.500. The quantitative estimate of drug-likeness (QED) is 0.292. The third kappa shape index (κ3) is 6.98. The Balaban J connectivity index is 2.38. The maximum absolute atomic E-state index is 11.2. The molecule has 1 aromatic rings. The number of hydrogen-bond acceptors (Lipinski definition) is 3. The fourth-order valence-electron chi connectivity index (χ4n) is 2.26. The number of hydrogen-bond donors (Lipinski definition) is 1. The average molecular weight is 290 g/mol. The van der Waals surface area contributed by atoms with Crippen LogP contribution < -0.4 is 4.74 Å². The van der Waals surface area contributed by atoms with E-state index in [1.165, 1.54) is 38.5 Å². The topological polar surface area (TPSA) is 46.5 Å². The normalized spacial score (nSPS) is 10.3. The molecule has 116 valence electrons. The molecule has 1 rings (SSSR count). The highest BCUT2D eigenvalue weighted by Crippen LogP contribution is 2.25. The predicted octanol–water partition coefficient (Wildman–Crippen LogP) is 4.78. The van der Waals surface area contributed by atoms with Crippen molar-refractivity contribution in [3.8, 4) is 11.5 Å². The van der Waals surface area contributed by atoms with Crippen LogP contribution in [0, 0.1) is 0 Å². The Kier molecular flexibility index (Phi) is 8.25. The average Bonchev–Trinajstić information content (AvgIpc) is 2.49. The summed E-state index contributed by atoms with van der Waals surface area (Å²) in [5.74, 6) is 0.234. The lowest BCUT2D eigenvalue weighted by Gasteiger charge is -2.08. The minimum atomic E-state index is -0.484. The summed E-state index contributed by atoms with van der Waals surface area (Å²) in [6.07, 6.45) is 10.6. The molecule has 21 heavy (non-hydrogen) atoms. The zero-order valence-electron chi connectivity index (χ0n) is 12.9. The molecule has 0 heterocycles. The zero-order valence-corrected chi connectivity index (χ0v) is 12.9. The lowest BCUT2D eigenvalue weighted by atomic mass is 10.0. The molecule has 0 aromatic heterocycles. The van der Waals surface area contributed by atoms with E-state index in [9.17, 15) is 9.90 Å². The van der Waals surface area contributed by atoms with E-state index < -0.39 is 5.97 Å². The van der Waals surface area contributed by atoms with Crippen LogP contribution in [-0.4, -0.2) is 11.1 Å². The first-order valence-corrected chi connectivity index (χ1v) is 7.83. The number of aromatic hydroxyl groups is 1. The first kappa shape index (κ1) is 17.3. The number of carbonyl (C=O) groups excluding carboxylic acids is 1. The number of rotatable bonds is 10. The van der Waals surface area contributed by atoms with Gasteiger partial charge in [-0.15, -0.1) is 0 Å². The molecule has 0 aliphatic rings. The molecular weight excluding hydrogens is 264 g/mol. The van der Waals surface area contributed by atoms with Crippen molar-refractivity contribution in [1.29, 1.82) is 0 Å². The fourth-order valence-corrected chi connectivity index (χ4v) is 2.26. The van der Waals surface area contributed by atoms with Crippen LogP contribution >= 0.6 is 0 Å². The summed E-state index contributed by atoms with van der Waals surface area (Å²) in [5.41, 5.74) is 0.831. The number of phenolic OH excluding ortho intramolecular Hbond substituents is 1. The summed E-state index contributed by atoms with van der Waals surface area (Å²) in [7, 11) is 0. The second-order valence-electron chi connectivity index (χ2n) is 5.29. The van der Waals surface area contributed by atoms with Gasteiger partial charge >= 0.3 is 5.97 Å². The van der Waals surface area contributed by atoms with Crippen molar-refractivity contribution in [3.05, 3.63) is 36.4 Å². The smallest absolute Gasteiger partial charge is 0.335 e. The van der Waals surface area contributed by atoms with Crippen molar-refractivity contribution in [1.82, 2.24) is 0 Å². The van der Waals surface area contributed by atoms with Crippen LogP contribution in [0.3, 0.4) is 0 Å². The van der Waals surface area contributed by atoms with Crippen molar-refractivity contribution < 1.29 is 14.6 Å². The molecule has 3 heteroatoms. The molecule has 0 aliphatic carbocycles. The molecule has 0 fully saturated rings. The van der Waals surface area contributed by atoms with Gasteiger partial charge in [-0.05, 0) is 36.6 Å². The van der Waals surface area contributed by atoms with E-state index in [4.69, 9.17) is 4.74 Å². The van der Waals surface area contributed by atoms with Crippen molar-refractivity contribution in [3.63, 3.8) is 0 Å². The van der Waals surface area contributed by atoms with Crippen molar-refractivity contribution in [2.24, 2.45) is 0 Å². The first-order valence-electron chi connectivity index (χ1n) is 7.83. The van der Waals surface area contributed by atoms with Gasteiger partial charge in [0.15, 0.2) is 0 Å². The van der Waals surface area contributed by atoms with E-state index in [0.29, 0.717) is 5.75 Å². The Morgan fingerprint density at radius 3 is 2.52 bits per heavy atom. The third-order valence-corrected chi connectivity index (χ3v) is 3.49. The van der Waals surface area contributed by atoms with Gasteiger partial charge in [-0.25, -0.2) is 4.79 Å². The molecule has 0 unspecified atom stereocenters. The van der Waals surface area contributed by atoms with Crippen molar-refractivity contribution in [2.75, 3.05) is 0 Å². The third-order valence-electron chi connectivity index (χ3n) is 3.49. The Morgan fingerprint density at radius 2 is 1.86 bits per heavy atom. The Bertz CT molecular complexity index is 452. The van der Waals surface area contributed by atoms with E-state index in [2.05, 4.69) is 13.5 Å². The predicted molar refractivity (Wildman–Crippen MR) is 85.6 cm³/mol. The summed E-state index contributed by atoms with van der Waals surface area (Å²) in [5, 5.41) is 9.84. The van der Waals surface area contributed by atoms with Crippen LogP contribution in [0.5, 0.6) is 11.5 Å². The van der Waals surface area contributed by atoms with Gasteiger partial charge in [0.05, 0.1) is 0 Å². The Labute approximate surface area is 127 Å². The second-order valence-corrected chi connectivity index (χ2v) is 5.29. The van der Waals surface area contributed by atoms with Gasteiger partial charge in [-0.1, -0.05) is 52.0 Å². The molecule has 0 atom stereocenters. The lowest BCUT2D eigenvalue weighted by molar-refractivity contribution is -0.128. The molecule has 0 aliphatic heterocycles. The molecule has 0 spiro atoms. The second kappa shape index (κ2) is 10.0. The number of ether oxygens (including phenoxy) is 1. The number of carbonyl (C=O) groups is 1. The SMILES string of the molecule is C=CC(=O)Oc1ccc(O)c(CCCCCCCCC)c1. The lowest BCUT2D eigenvalue weighted by Crippen LogP contribution is -2.03. The highest BCUT2D eigenvalue weighted by atomic mass is 16.5. The van der Waals surface area contributed by atoms with E-state index >= 15 is 0 Å². The van der Waals surface area contributed by atoms with Gasteiger partial charge in [-0.3, -0.25) is 0 Å². The highest BCUT2D eigenvalue weighted by molar-refractivity contribution is 5.83.